The summed E-state index contributed by atoms with van der Waals surface area (Å²) in [7, 11) is 0. The summed E-state index contributed by atoms with van der Waals surface area (Å²) in [4.78, 5) is 2.54. The van der Waals surface area contributed by atoms with Crippen LogP contribution in [0, 0.1) is 0 Å². The van der Waals surface area contributed by atoms with Crippen molar-refractivity contribution < 1.29 is 0 Å². The van der Waals surface area contributed by atoms with E-state index in [0.717, 1.165) is 24.1 Å². The molecule has 3 nitrogen and oxygen atoms in total. The van der Waals surface area contributed by atoms with Gasteiger partial charge in [0.1, 0.15) is 0 Å². The second-order valence-electron chi connectivity index (χ2n) is 4.78. The first-order chi connectivity index (χ1) is 8.81. The van der Waals surface area contributed by atoms with Gasteiger partial charge in [-0.1, -0.05) is 0 Å². The van der Waals surface area contributed by atoms with E-state index in [9.17, 15) is 0 Å². The fourth-order valence-electron chi connectivity index (χ4n) is 2.50. The van der Waals surface area contributed by atoms with Crippen molar-refractivity contribution in [1.82, 2.24) is 14.7 Å². The van der Waals surface area contributed by atoms with Crippen molar-refractivity contribution in [2.45, 2.75) is 25.4 Å². The smallest absolute Gasteiger partial charge is 0.0632 e. The largest absolute Gasteiger partial charge is 0.299 e. The average Bonchev–Trinajstić information content (AvgIpc) is 3.02. The van der Waals surface area contributed by atoms with Crippen molar-refractivity contribution >= 4 is 27.3 Å². The molecule has 0 saturated carbocycles. The molecular formula is C13H16BrN3S. The van der Waals surface area contributed by atoms with Crippen molar-refractivity contribution in [2.75, 3.05) is 13.1 Å². The Labute approximate surface area is 120 Å². The lowest BCUT2D eigenvalue weighted by Crippen LogP contribution is -2.34. The third kappa shape index (κ3) is 2.84. The van der Waals surface area contributed by atoms with Gasteiger partial charge in [-0.25, -0.2) is 0 Å². The van der Waals surface area contributed by atoms with Crippen LogP contribution in [0.4, 0.5) is 0 Å². The van der Waals surface area contributed by atoms with Gasteiger partial charge in [0, 0.05) is 25.8 Å². The Morgan fingerprint density at radius 1 is 1.39 bits per heavy atom. The highest BCUT2D eigenvalue weighted by Gasteiger charge is 2.21. The first-order valence-corrected chi connectivity index (χ1v) is 7.98. The van der Waals surface area contributed by atoms with E-state index in [1.807, 2.05) is 6.20 Å². The van der Waals surface area contributed by atoms with Gasteiger partial charge in [0.15, 0.2) is 0 Å². The predicted molar refractivity (Wildman–Crippen MR) is 77.8 cm³/mol. The van der Waals surface area contributed by atoms with Crippen LogP contribution in [0.15, 0.2) is 33.7 Å². The van der Waals surface area contributed by atoms with Gasteiger partial charge in [-0.05, 0) is 51.2 Å². The van der Waals surface area contributed by atoms with Gasteiger partial charge < -0.3 is 0 Å². The summed E-state index contributed by atoms with van der Waals surface area (Å²) < 4.78 is 3.18. The van der Waals surface area contributed by atoms with Gasteiger partial charge in [0.2, 0.25) is 0 Å². The number of likely N-dealkylation sites (tertiary alicyclic amines) is 1. The van der Waals surface area contributed by atoms with Crippen LogP contribution in [0.1, 0.15) is 24.4 Å². The highest BCUT2D eigenvalue weighted by molar-refractivity contribution is 9.10. The lowest BCUT2D eigenvalue weighted by molar-refractivity contribution is 0.173. The van der Waals surface area contributed by atoms with E-state index in [0.29, 0.717) is 6.04 Å². The molecule has 0 spiro atoms. The quantitative estimate of drug-likeness (QED) is 0.860. The Morgan fingerprint density at radius 3 is 2.83 bits per heavy atom. The monoisotopic (exact) mass is 325 g/mol. The Hall–Kier alpha value is -0.650. The third-order valence-corrected chi connectivity index (χ3v) is 4.63. The average molecular weight is 326 g/mol. The summed E-state index contributed by atoms with van der Waals surface area (Å²) in [6.07, 6.45) is 6.34. The number of aromatic nitrogens is 2. The molecule has 1 fully saturated rings. The molecule has 2 aromatic heterocycles. The maximum atomic E-state index is 4.39. The SMILES string of the molecule is Brc1cnn(C2CCN(Cc3ccsc3)CC2)c1. The molecule has 3 heterocycles. The highest BCUT2D eigenvalue weighted by Crippen LogP contribution is 2.24. The number of rotatable bonds is 3. The van der Waals surface area contributed by atoms with Crippen molar-refractivity contribution in [2.24, 2.45) is 0 Å². The lowest BCUT2D eigenvalue weighted by Gasteiger charge is -2.31. The number of hydrogen-bond donors (Lipinski definition) is 0. The molecule has 0 unspecified atom stereocenters. The Morgan fingerprint density at radius 2 is 2.22 bits per heavy atom. The summed E-state index contributed by atoms with van der Waals surface area (Å²) in [6, 6.07) is 2.79. The fourth-order valence-corrected chi connectivity index (χ4v) is 3.46. The van der Waals surface area contributed by atoms with Gasteiger partial charge in [0.25, 0.3) is 0 Å². The number of halogens is 1. The standard InChI is InChI=1S/C13H16BrN3S/c14-12-7-15-17(9-12)13-1-4-16(5-2-13)8-11-3-6-18-10-11/h3,6-7,9-10,13H,1-2,4-5,8H2. The molecule has 2 aromatic rings. The van der Waals surface area contributed by atoms with Crippen molar-refractivity contribution in [1.29, 1.82) is 0 Å². The van der Waals surface area contributed by atoms with Crippen LogP contribution in [0.2, 0.25) is 0 Å². The van der Waals surface area contributed by atoms with Crippen LogP contribution in [-0.2, 0) is 6.54 Å². The van der Waals surface area contributed by atoms with E-state index in [4.69, 9.17) is 0 Å². The van der Waals surface area contributed by atoms with Crippen molar-refractivity contribution in [3.63, 3.8) is 0 Å². The second-order valence-corrected chi connectivity index (χ2v) is 6.47. The Bertz CT molecular complexity index is 486. The van der Waals surface area contributed by atoms with Gasteiger partial charge in [-0.3, -0.25) is 9.58 Å². The molecule has 3 rings (SSSR count). The van der Waals surface area contributed by atoms with Gasteiger partial charge >= 0.3 is 0 Å². The highest BCUT2D eigenvalue weighted by atomic mass is 79.9. The molecule has 0 atom stereocenters. The van der Waals surface area contributed by atoms with E-state index in [1.165, 1.54) is 18.4 Å². The van der Waals surface area contributed by atoms with E-state index in [1.54, 1.807) is 11.3 Å². The molecule has 5 heteroatoms. The Balaban J connectivity index is 1.55. The molecule has 0 bridgehead atoms. The van der Waals surface area contributed by atoms with E-state index >= 15 is 0 Å². The summed E-state index contributed by atoms with van der Waals surface area (Å²) >= 11 is 5.24. The van der Waals surface area contributed by atoms with E-state index < -0.39 is 0 Å². The minimum Gasteiger partial charge on any atom is -0.299 e. The minimum atomic E-state index is 0.565. The minimum absolute atomic E-state index is 0.565. The topological polar surface area (TPSA) is 21.1 Å². The number of piperidine rings is 1. The van der Waals surface area contributed by atoms with Crippen molar-refractivity contribution in [3.8, 4) is 0 Å². The van der Waals surface area contributed by atoms with Crippen LogP contribution in [0.3, 0.4) is 0 Å². The molecule has 96 valence electrons. The summed E-state index contributed by atoms with van der Waals surface area (Å²) in [5.41, 5.74) is 1.44. The molecule has 0 aliphatic carbocycles. The fraction of sp³-hybridized carbons (Fsp3) is 0.462. The zero-order valence-electron chi connectivity index (χ0n) is 10.1. The lowest BCUT2D eigenvalue weighted by atomic mass is 10.0. The van der Waals surface area contributed by atoms with Crippen LogP contribution in [0.5, 0.6) is 0 Å². The van der Waals surface area contributed by atoms with Gasteiger partial charge in [0.05, 0.1) is 16.7 Å². The first kappa shape index (κ1) is 12.4. The van der Waals surface area contributed by atoms with E-state index in [2.05, 4.69) is 53.6 Å². The van der Waals surface area contributed by atoms with Crippen LogP contribution < -0.4 is 0 Å². The number of hydrogen-bond acceptors (Lipinski definition) is 3. The number of nitrogens with zero attached hydrogens (tertiary/aromatic N) is 3. The molecule has 1 aliphatic rings. The molecule has 0 amide bonds. The summed E-state index contributed by atoms with van der Waals surface area (Å²) in [5.74, 6) is 0. The molecule has 1 saturated heterocycles. The van der Waals surface area contributed by atoms with Gasteiger partial charge in [-0.15, -0.1) is 0 Å². The molecule has 1 aliphatic heterocycles. The molecule has 18 heavy (non-hydrogen) atoms. The Kier molecular flexibility index (Phi) is 3.82. The van der Waals surface area contributed by atoms with Gasteiger partial charge in [-0.2, -0.15) is 16.4 Å². The molecule has 0 radical (unpaired) electrons. The summed E-state index contributed by atoms with van der Waals surface area (Å²) in [5, 5.41) is 8.80. The molecular weight excluding hydrogens is 310 g/mol. The molecule has 0 N–H and O–H groups in total. The third-order valence-electron chi connectivity index (χ3n) is 3.49. The summed E-state index contributed by atoms with van der Waals surface area (Å²) in [6.45, 7) is 3.43. The normalized spacial score (nSPS) is 18.3. The van der Waals surface area contributed by atoms with Crippen LogP contribution in [0.25, 0.3) is 0 Å². The first-order valence-electron chi connectivity index (χ1n) is 6.24. The van der Waals surface area contributed by atoms with Crippen LogP contribution in [-0.4, -0.2) is 27.8 Å². The molecule has 0 aromatic carbocycles. The number of thiophene rings is 1. The predicted octanol–water partition coefficient (Wildman–Crippen LogP) is 3.54. The van der Waals surface area contributed by atoms with Crippen LogP contribution >= 0.6 is 27.3 Å². The maximum Gasteiger partial charge on any atom is 0.0632 e. The second kappa shape index (κ2) is 5.55. The zero-order valence-corrected chi connectivity index (χ0v) is 12.5. The van der Waals surface area contributed by atoms with E-state index in [-0.39, 0.29) is 0 Å². The van der Waals surface area contributed by atoms with Crippen molar-refractivity contribution in [3.05, 3.63) is 39.3 Å². The zero-order chi connectivity index (χ0) is 12.4. The maximum absolute atomic E-state index is 4.39.